The number of piperidine rings is 1. The Morgan fingerprint density at radius 3 is 2.88 bits per heavy atom. The number of pyridine rings is 1. The number of hydrogen-bond acceptors (Lipinski definition) is 6. The molecule has 0 radical (unpaired) electrons. The van der Waals surface area contributed by atoms with Crippen LogP contribution < -0.4 is 5.32 Å². The van der Waals surface area contributed by atoms with Gasteiger partial charge in [0.2, 0.25) is 11.8 Å². The SMILES string of the molecule is O=C1CCC(C2C(=O)CC=C3N(N4CCCC4c4cccnc4)C=C4C=CC=CC432)C(=O)N1. The molecule has 1 aromatic heterocycles. The van der Waals surface area contributed by atoms with Crippen molar-refractivity contribution in [3.63, 3.8) is 0 Å². The van der Waals surface area contributed by atoms with Crippen molar-refractivity contribution in [1.82, 2.24) is 20.3 Å². The van der Waals surface area contributed by atoms with Crippen LogP contribution in [0.1, 0.15) is 43.7 Å². The molecular weight excluding hydrogens is 416 g/mol. The van der Waals surface area contributed by atoms with Crippen molar-refractivity contribution >= 4 is 17.6 Å². The first-order valence-corrected chi connectivity index (χ1v) is 11.7. The van der Waals surface area contributed by atoms with Gasteiger partial charge in [0, 0.05) is 49.6 Å². The molecule has 0 aromatic carbocycles. The summed E-state index contributed by atoms with van der Waals surface area (Å²) >= 11 is 0. The summed E-state index contributed by atoms with van der Waals surface area (Å²) in [6, 6.07) is 4.29. The Bertz CT molecular complexity index is 1150. The second-order valence-electron chi connectivity index (χ2n) is 9.42. The van der Waals surface area contributed by atoms with Gasteiger partial charge in [0.15, 0.2) is 0 Å². The number of hydrogen-bond donors (Lipinski definition) is 1. The summed E-state index contributed by atoms with van der Waals surface area (Å²) in [5, 5.41) is 7.07. The molecule has 0 bridgehead atoms. The first kappa shape index (κ1) is 20.3. The molecule has 5 aliphatic rings. The Morgan fingerprint density at radius 1 is 1.15 bits per heavy atom. The molecule has 6 rings (SSSR count). The standard InChI is InChI=1S/C26H26N4O3/c31-21-9-10-22-26(24(21)19-8-11-23(32)28-25(19)33)12-2-1-6-18(26)16-30(22)29-14-4-7-20(29)17-5-3-13-27-15-17/h1-3,5-6,10,12-13,15-16,19-20,24H,4,7-9,11,14H2,(H,28,32,33). The van der Waals surface area contributed by atoms with E-state index in [0.717, 1.165) is 30.7 Å². The molecule has 2 amide bonds. The molecule has 1 spiro atoms. The van der Waals surface area contributed by atoms with Crippen molar-refractivity contribution in [2.45, 2.75) is 38.1 Å². The number of allylic oxidation sites excluding steroid dienone is 5. The number of nitrogens with zero attached hydrogens (tertiary/aromatic N) is 3. The van der Waals surface area contributed by atoms with Gasteiger partial charge in [-0.25, -0.2) is 5.01 Å². The van der Waals surface area contributed by atoms with E-state index in [1.807, 2.05) is 30.5 Å². The number of aromatic nitrogens is 1. The lowest BCUT2D eigenvalue weighted by molar-refractivity contribution is -0.143. The van der Waals surface area contributed by atoms with Crippen molar-refractivity contribution in [3.05, 3.63) is 77.9 Å². The van der Waals surface area contributed by atoms with Gasteiger partial charge in [-0.1, -0.05) is 36.4 Å². The lowest BCUT2D eigenvalue weighted by atomic mass is 9.58. The zero-order chi connectivity index (χ0) is 22.6. The third kappa shape index (κ3) is 2.99. The summed E-state index contributed by atoms with van der Waals surface area (Å²) < 4.78 is 0. The van der Waals surface area contributed by atoms with Gasteiger partial charge in [-0.3, -0.25) is 29.7 Å². The third-order valence-corrected chi connectivity index (χ3v) is 7.74. The smallest absolute Gasteiger partial charge is 0.230 e. The Balaban J connectivity index is 1.42. The van der Waals surface area contributed by atoms with Gasteiger partial charge in [0.05, 0.1) is 17.4 Å². The molecule has 7 heteroatoms. The Hall–Kier alpha value is -3.32. The van der Waals surface area contributed by atoms with Gasteiger partial charge in [-0.05, 0) is 36.5 Å². The van der Waals surface area contributed by atoms with Crippen LogP contribution in [0.5, 0.6) is 0 Å². The highest BCUT2D eigenvalue weighted by molar-refractivity contribution is 6.02. The molecule has 0 saturated carbocycles. The Labute approximate surface area is 192 Å². The van der Waals surface area contributed by atoms with Gasteiger partial charge in [-0.2, -0.15) is 0 Å². The number of carbonyl (C=O) groups excluding carboxylic acids is 3. The molecule has 2 fully saturated rings. The molecule has 4 unspecified atom stereocenters. The first-order chi connectivity index (χ1) is 16.1. The van der Waals surface area contributed by atoms with E-state index in [4.69, 9.17) is 0 Å². The van der Waals surface area contributed by atoms with Crippen molar-refractivity contribution in [2.24, 2.45) is 17.3 Å². The summed E-state index contributed by atoms with van der Waals surface area (Å²) in [5.41, 5.74) is 2.56. The fourth-order valence-corrected chi connectivity index (χ4v) is 6.36. The number of nitrogens with one attached hydrogen (secondary N) is 1. The molecule has 33 heavy (non-hydrogen) atoms. The minimum atomic E-state index is -0.686. The molecule has 2 saturated heterocycles. The topological polar surface area (TPSA) is 82.6 Å². The van der Waals surface area contributed by atoms with E-state index in [0.29, 0.717) is 12.8 Å². The fraction of sp³-hybridized carbons (Fsp3) is 0.385. The number of hydrazine groups is 1. The molecule has 2 aliphatic carbocycles. The minimum absolute atomic E-state index is 0.0613. The zero-order valence-corrected chi connectivity index (χ0v) is 18.3. The lowest BCUT2D eigenvalue weighted by Crippen LogP contribution is -2.53. The minimum Gasteiger partial charge on any atom is -0.299 e. The average Bonchev–Trinajstić information content (AvgIpc) is 3.43. The molecular formula is C26H26N4O3. The molecule has 1 aromatic rings. The van der Waals surface area contributed by atoms with Gasteiger partial charge < -0.3 is 0 Å². The molecule has 7 nitrogen and oxygen atoms in total. The number of carbonyl (C=O) groups is 3. The van der Waals surface area contributed by atoms with E-state index in [2.05, 4.69) is 44.7 Å². The third-order valence-electron chi connectivity index (χ3n) is 7.74. The molecule has 168 valence electrons. The van der Waals surface area contributed by atoms with Crippen LogP contribution in [-0.4, -0.2) is 39.1 Å². The van der Waals surface area contributed by atoms with Crippen LogP contribution in [0.15, 0.2) is 72.4 Å². The molecule has 3 aliphatic heterocycles. The van der Waals surface area contributed by atoms with E-state index in [1.54, 1.807) is 6.20 Å². The predicted molar refractivity (Wildman–Crippen MR) is 121 cm³/mol. The number of imide groups is 1. The second-order valence-corrected chi connectivity index (χ2v) is 9.42. The van der Waals surface area contributed by atoms with Crippen LogP contribution in [0.4, 0.5) is 0 Å². The monoisotopic (exact) mass is 442 g/mol. The van der Waals surface area contributed by atoms with Crippen LogP contribution in [0.3, 0.4) is 0 Å². The van der Waals surface area contributed by atoms with E-state index >= 15 is 0 Å². The highest BCUT2D eigenvalue weighted by Crippen LogP contribution is 2.59. The van der Waals surface area contributed by atoms with Crippen LogP contribution in [0.25, 0.3) is 0 Å². The van der Waals surface area contributed by atoms with Gasteiger partial charge in [0.25, 0.3) is 0 Å². The number of Topliss-reactive ketones (excluding diaryl/α,β-unsaturated/α-hetero) is 1. The van der Waals surface area contributed by atoms with Crippen LogP contribution >= 0.6 is 0 Å². The van der Waals surface area contributed by atoms with Gasteiger partial charge in [-0.15, -0.1) is 0 Å². The maximum Gasteiger partial charge on any atom is 0.230 e. The van der Waals surface area contributed by atoms with Gasteiger partial charge in [0.1, 0.15) is 5.78 Å². The average molecular weight is 443 g/mol. The van der Waals surface area contributed by atoms with Crippen molar-refractivity contribution < 1.29 is 14.4 Å². The summed E-state index contributed by atoms with van der Waals surface area (Å²) in [7, 11) is 0. The normalized spacial score (nSPS) is 33.5. The van der Waals surface area contributed by atoms with Crippen molar-refractivity contribution in [2.75, 3.05) is 6.54 Å². The van der Waals surface area contributed by atoms with Crippen LogP contribution in [0.2, 0.25) is 0 Å². The number of amides is 2. The molecule has 1 N–H and O–H groups in total. The van der Waals surface area contributed by atoms with Gasteiger partial charge >= 0.3 is 0 Å². The van der Waals surface area contributed by atoms with Crippen molar-refractivity contribution in [1.29, 1.82) is 0 Å². The molecule has 4 atom stereocenters. The van der Waals surface area contributed by atoms with E-state index in [1.165, 1.54) is 5.56 Å². The Morgan fingerprint density at radius 2 is 2.06 bits per heavy atom. The van der Waals surface area contributed by atoms with E-state index in [9.17, 15) is 14.4 Å². The summed E-state index contributed by atoms with van der Waals surface area (Å²) in [5.74, 6) is -1.57. The van der Waals surface area contributed by atoms with E-state index in [-0.39, 0.29) is 30.1 Å². The summed E-state index contributed by atoms with van der Waals surface area (Å²) in [6.07, 6.45) is 19.1. The maximum atomic E-state index is 13.4. The molecule has 4 heterocycles. The summed E-state index contributed by atoms with van der Waals surface area (Å²) in [4.78, 5) is 42.4. The number of ketones is 1. The van der Waals surface area contributed by atoms with Crippen LogP contribution in [-0.2, 0) is 14.4 Å². The Kier molecular flexibility index (Phi) is 4.69. The zero-order valence-electron chi connectivity index (χ0n) is 18.3. The first-order valence-electron chi connectivity index (χ1n) is 11.7. The predicted octanol–water partition coefficient (Wildman–Crippen LogP) is 2.97. The van der Waals surface area contributed by atoms with Crippen molar-refractivity contribution in [3.8, 4) is 0 Å². The maximum absolute atomic E-state index is 13.4. The lowest BCUT2D eigenvalue weighted by Gasteiger charge is -2.47. The fourth-order valence-electron chi connectivity index (χ4n) is 6.36. The number of rotatable bonds is 3. The largest absolute Gasteiger partial charge is 0.299 e. The second kappa shape index (κ2) is 7.63. The van der Waals surface area contributed by atoms with E-state index < -0.39 is 17.3 Å². The quantitative estimate of drug-likeness (QED) is 0.725. The highest BCUT2D eigenvalue weighted by Gasteiger charge is 2.58. The highest BCUT2D eigenvalue weighted by atomic mass is 16.2. The summed E-state index contributed by atoms with van der Waals surface area (Å²) in [6.45, 7) is 0.904. The van der Waals surface area contributed by atoms with Crippen LogP contribution in [0, 0.1) is 17.3 Å².